The standard InChI is InChI=1S/C20H24N2O3/c1-3-19(24)11-22-9-8-20-12-6-4-5-7-14(12)21-17(20)16(18(23)25-2)13(19)10-15(20)22/h4-7,13,15,21,24H,3,8-11H2,1-2H3/t13-,15+,19-,20-/m1/s1. The number of anilines is 1. The number of methoxy groups -OCH3 is 1. The van der Waals surface area contributed by atoms with Crippen molar-refractivity contribution in [1.82, 2.24) is 4.90 Å². The van der Waals surface area contributed by atoms with Gasteiger partial charge in [-0.15, -0.1) is 0 Å². The van der Waals surface area contributed by atoms with Gasteiger partial charge in [-0.3, -0.25) is 4.90 Å². The zero-order valence-electron chi connectivity index (χ0n) is 14.7. The van der Waals surface area contributed by atoms with Crippen molar-refractivity contribution < 1.29 is 14.6 Å². The molecule has 1 spiro atoms. The summed E-state index contributed by atoms with van der Waals surface area (Å²) in [5.74, 6) is -0.473. The Morgan fingerprint density at radius 1 is 1.44 bits per heavy atom. The second-order valence-corrected chi connectivity index (χ2v) is 7.90. The van der Waals surface area contributed by atoms with Crippen LogP contribution in [-0.4, -0.2) is 47.8 Å². The average molecular weight is 340 g/mol. The SMILES string of the molecule is CC[C@@]1(O)CN2CC[C@]34C(=C(C(=O)OC)[C@H]1C[C@H]23)Nc1ccccc14. The predicted octanol–water partition coefficient (Wildman–Crippen LogP) is 2.03. The van der Waals surface area contributed by atoms with Gasteiger partial charge in [0.25, 0.3) is 0 Å². The van der Waals surface area contributed by atoms with Crippen molar-refractivity contribution in [2.45, 2.75) is 43.2 Å². The van der Waals surface area contributed by atoms with Gasteiger partial charge >= 0.3 is 5.97 Å². The average Bonchev–Trinajstić information content (AvgIpc) is 3.18. The molecule has 0 radical (unpaired) electrons. The maximum absolute atomic E-state index is 12.8. The first-order chi connectivity index (χ1) is 12.0. The molecule has 25 heavy (non-hydrogen) atoms. The minimum atomic E-state index is -0.875. The van der Waals surface area contributed by atoms with E-state index in [-0.39, 0.29) is 17.3 Å². The number of nitrogens with one attached hydrogen (secondary N) is 1. The molecule has 1 aromatic carbocycles. The van der Waals surface area contributed by atoms with Crippen LogP contribution in [0.1, 0.15) is 31.7 Å². The zero-order chi connectivity index (χ0) is 17.4. The molecule has 5 nitrogen and oxygen atoms in total. The lowest BCUT2D eigenvalue weighted by molar-refractivity contribution is -0.142. The third-order valence-corrected chi connectivity index (χ3v) is 7.14. The van der Waals surface area contributed by atoms with Crippen molar-refractivity contribution in [3.63, 3.8) is 0 Å². The van der Waals surface area contributed by atoms with E-state index in [2.05, 4.69) is 28.4 Å². The second-order valence-electron chi connectivity index (χ2n) is 7.90. The lowest BCUT2D eigenvalue weighted by Crippen LogP contribution is -2.62. The van der Waals surface area contributed by atoms with Gasteiger partial charge in [0.15, 0.2) is 0 Å². The van der Waals surface area contributed by atoms with Crippen LogP contribution in [0.4, 0.5) is 5.69 Å². The van der Waals surface area contributed by atoms with Crippen molar-refractivity contribution in [2.75, 3.05) is 25.5 Å². The largest absolute Gasteiger partial charge is 0.466 e. The number of piperidine rings is 1. The van der Waals surface area contributed by atoms with Gasteiger partial charge in [0.2, 0.25) is 0 Å². The molecule has 1 aromatic rings. The van der Waals surface area contributed by atoms with Crippen LogP contribution in [0.15, 0.2) is 35.5 Å². The minimum Gasteiger partial charge on any atom is -0.466 e. The van der Waals surface area contributed by atoms with Crippen molar-refractivity contribution in [2.24, 2.45) is 5.92 Å². The van der Waals surface area contributed by atoms with E-state index in [0.29, 0.717) is 24.6 Å². The summed E-state index contributed by atoms with van der Waals surface area (Å²) in [5, 5.41) is 14.9. The lowest BCUT2D eigenvalue weighted by atomic mass is 9.59. The fraction of sp³-hybridized carbons (Fsp3) is 0.550. The molecule has 2 fully saturated rings. The molecule has 0 saturated carbocycles. The number of benzene rings is 1. The van der Waals surface area contributed by atoms with Gasteiger partial charge in [0.1, 0.15) is 0 Å². The number of hydrogen-bond donors (Lipinski definition) is 2. The normalized spacial score (nSPS) is 38.2. The van der Waals surface area contributed by atoms with E-state index >= 15 is 0 Å². The molecular formula is C20H24N2O3. The van der Waals surface area contributed by atoms with Crippen molar-refractivity contribution in [3.8, 4) is 0 Å². The van der Waals surface area contributed by atoms with E-state index in [1.807, 2.05) is 13.0 Å². The zero-order valence-corrected chi connectivity index (χ0v) is 14.7. The minimum absolute atomic E-state index is 0.161. The lowest BCUT2D eigenvalue weighted by Gasteiger charge is -2.53. The molecule has 0 amide bonds. The molecule has 4 aliphatic rings. The van der Waals surface area contributed by atoms with Gasteiger partial charge in [0, 0.05) is 29.9 Å². The van der Waals surface area contributed by atoms with Gasteiger partial charge in [-0.2, -0.15) is 0 Å². The third-order valence-electron chi connectivity index (χ3n) is 7.14. The molecule has 0 aromatic heterocycles. The molecule has 2 bridgehead atoms. The third kappa shape index (κ3) is 1.68. The molecule has 2 N–H and O–H groups in total. The number of fused-ring (bicyclic) bond motifs is 2. The van der Waals surface area contributed by atoms with Crippen LogP contribution in [0, 0.1) is 5.92 Å². The smallest absolute Gasteiger partial charge is 0.335 e. The van der Waals surface area contributed by atoms with Crippen LogP contribution < -0.4 is 5.32 Å². The summed E-state index contributed by atoms with van der Waals surface area (Å²) in [4.78, 5) is 15.2. The van der Waals surface area contributed by atoms with Gasteiger partial charge < -0.3 is 15.2 Å². The summed E-state index contributed by atoms with van der Waals surface area (Å²) < 4.78 is 5.17. The van der Waals surface area contributed by atoms with Crippen LogP contribution in [0.2, 0.25) is 0 Å². The molecule has 5 heteroatoms. The molecule has 5 rings (SSSR count). The summed E-state index contributed by atoms with van der Waals surface area (Å²) >= 11 is 0. The van der Waals surface area contributed by atoms with Crippen molar-refractivity contribution >= 4 is 11.7 Å². The fourth-order valence-electron chi connectivity index (χ4n) is 5.95. The highest BCUT2D eigenvalue weighted by Crippen LogP contribution is 2.62. The summed E-state index contributed by atoms with van der Waals surface area (Å²) in [6.07, 6.45) is 2.42. The number of nitrogens with zero attached hydrogens (tertiary/aromatic N) is 1. The summed E-state index contributed by atoms with van der Waals surface area (Å²) in [6, 6.07) is 8.72. The summed E-state index contributed by atoms with van der Waals surface area (Å²) in [7, 11) is 1.44. The van der Waals surface area contributed by atoms with E-state index in [9.17, 15) is 9.90 Å². The quantitative estimate of drug-likeness (QED) is 0.807. The highest BCUT2D eigenvalue weighted by Gasteiger charge is 2.65. The van der Waals surface area contributed by atoms with Crippen LogP contribution in [0.25, 0.3) is 0 Å². The van der Waals surface area contributed by atoms with E-state index < -0.39 is 5.60 Å². The number of esters is 1. The first-order valence-electron chi connectivity index (χ1n) is 9.21. The Kier molecular flexibility index (Phi) is 3.00. The fourth-order valence-corrected chi connectivity index (χ4v) is 5.95. The number of aliphatic hydroxyl groups is 1. The Labute approximate surface area is 147 Å². The Morgan fingerprint density at radius 2 is 2.24 bits per heavy atom. The Balaban J connectivity index is 1.81. The second kappa shape index (κ2) is 4.86. The molecule has 1 aliphatic carbocycles. The van der Waals surface area contributed by atoms with Gasteiger partial charge in [-0.1, -0.05) is 25.1 Å². The van der Waals surface area contributed by atoms with Crippen LogP contribution in [0.5, 0.6) is 0 Å². The molecule has 132 valence electrons. The maximum atomic E-state index is 12.8. The monoisotopic (exact) mass is 340 g/mol. The molecule has 3 aliphatic heterocycles. The van der Waals surface area contributed by atoms with Gasteiger partial charge in [-0.05, 0) is 37.4 Å². The molecular weight excluding hydrogens is 316 g/mol. The van der Waals surface area contributed by atoms with Gasteiger partial charge in [0.05, 0.1) is 23.7 Å². The van der Waals surface area contributed by atoms with E-state index in [4.69, 9.17) is 4.74 Å². The number of carbonyl (C=O) groups excluding carboxylic acids is 1. The molecule has 3 heterocycles. The van der Waals surface area contributed by atoms with E-state index in [0.717, 1.165) is 30.8 Å². The first-order valence-corrected chi connectivity index (χ1v) is 9.21. The number of para-hydroxylation sites is 1. The highest BCUT2D eigenvalue weighted by molar-refractivity contribution is 5.93. The van der Waals surface area contributed by atoms with Crippen LogP contribution in [0.3, 0.4) is 0 Å². The van der Waals surface area contributed by atoms with Crippen molar-refractivity contribution in [1.29, 1.82) is 0 Å². The Morgan fingerprint density at radius 3 is 3.00 bits per heavy atom. The Bertz CT molecular complexity index is 804. The topological polar surface area (TPSA) is 61.8 Å². The van der Waals surface area contributed by atoms with E-state index in [1.165, 1.54) is 12.7 Å². The number of hydrogen-bond acceptors (Lipinski definition) is 5. The van der Waals surface area contributed by atoms with Crippen LogP contribution in [-0.2, 0) is 14.9 Å². The number of ether oxygens (including phenoxy) is 1. The van der Waals surface area contributed by atoms with E-state index in [1.54, 1.807) is 0 Å². The number of rotatable bonds is 2. The van der Waals surface area contributed by atoms with Crippen LogP contribution >= 0.6 is 0 Å². The van der Waals surface area contributed by atoms with Gasteiger partial charge in [-0.25, -0.2) is 4.79 Å². The summed E-state index contributed by atoms with van der Waals surface area (Å²) in [6.45, 7) is 3.60. The maximum Gasteiger partial charge on any atom is 0.335 e. The predicted molar refractivity (Wildman–Crippen MR) is 94.1 cm³/mol. The molecule has 2 saturated heterocycles. The molecule has 0 unspecified atom stereocenters. The first kappa shape index (κ1) is 15.4. The summed E-state index contributed by atoms with van der Waals surface area (Å²) in [5.41, 5.74) is 3.00. The Hall–Kier alpha value is -1.85. The highest BCUT2D eigenvalue weighted by atomic mass is 16.5. The van der Waals surface area contributed by atoms with Crippen molar-refractivity contribution in [3.05, 3.63) is 41.1 Å². The number of carbonyl (C=O) groups is 1. The molecule has 4 atom stereocenters.